The van der Waals surface area contributed by atoms with Crippen LogP contribution in [0.4, 0.5) is 5.69 Å². The minimum atomic E-state index is -3.78. The highest BCUT2D eigenvalue weighted by atomic mass is 35.5. The molecular formula is C24H28ClN3O2S. The second kappa shape index (κ2) is 8.15. The molecule has 7 heteroatoms. The van der Waals surface area contributed by atoms with Gasteiger partial charge in [-0.05, 0) is 82.1 Å². The first-order valence-electron chi connectivity index (χ1n) is 11.0. The van der Waals surface area contributed by atoms with Crippen molar-refractivity contribution in [1.29, 1.82) is 0 Å². The summed E-state index contributed by atoms with van der Waals surface area (Å²) in [5, 5.41) is 1.22. The zero-order chi connectivity index (χ0) is 21.6. The molecule has 1 saturated carbocycles. The van der Waals surface area contributed by atoms with Gasteiger partial charge in [-0.2, -0.15) is 0 Å². The van der Waals surface area contributed by atoms with Gasteiger partial charge in [-0.3, -0.25) is 0 Å². The standard InChI is InChI=1S/C24H28ClN3O2S/c1-26-14-11-19(12-15-26)27(17-18-9-10-18)22-6-4-7-23-20(22)13-16-28(23)31(29,30)24-8-3-2-5-21(24)25/h2-8,13,16,18-19H,9-12,14-15,17H2,1H3. The van der Waals surface area contributed by atoms with Crippen LogP contribution in [0.5, 0.6) is 0 Å². The average molecular weight is 458 g/mol. The van der Waals surface area contributed by atoms with Gasteiger partial charge in [0.15, 0.2) is 0 Å². The van der Waals surface area contributed by atoms with Gasteiger partial charge < -0.3 is 9.80 Å². The van der Waals surface area contributed by atoms with Gasteiger partial charge >= 0.3 is 0 Å². The number of anilines is 1. The number of likely N-dealkylation sites (tertiary alicyclic amines) is 1. The van der Waals surface area contributed by atoms with Gasteiger partial charge in [0.1, 0.15) is 4.90 Å². The number of hydrogen-bond acceptors (Lipinski definition) is 4. The predicted octanol–water partition coefficient (Wildman–Crippen LogP) is 4.84. The molecule has 5 rings (SSSR count). The SMILES string of the molecule is CN1CCC(N(CC2CC2)c2cccc3c2ccn3S(=O)(=O)c2ccccc2Cl)CC1. The summed E-state index contributed by atoms with van der Waals surface area (Å²) in [7, 11) is -1.60. The van der Waals surface area contributed by atoms with Gasteiger partial charge in [0, 0.05) is 29.9 Å². The van der Waals surface area contributed by atoms with Crippen molar-refractivity contribution in [2.45, 2.75) is 36.6 Å². The molecule has 0 unspecified atom stereocenters. The lowest BCUT2D eigenvalue weighted by molar-refractivity contribution is 0.249. The van der Waals surface area contributed by atoms with Gasteiger partial charge in [0.05, 0.1) is 10.5 Å². The van der Waals surface area contributed by atoms with Crippen molar-refractivity contribution in [3.8, 4) is 0 Å². The highest BCUT2D eigenvalue weighted by Crippen LogP contribution is 2.38. The fraction of sp³-hybridized carbons (Fsp3) is 0.417. The normalized spacial score (nSPS) is 18.5. The van der Waals surface area contributed by atoms with E-state index >= 15 is 0 Å². The fourth-order valence-electron chi connectivity index (χ4n) is 4.68. The van der Waals surface area contributed by atoms with E-state index in [4.69, 9.17) is 11.6 Å². The smallest absolute Gasteiger partial charge is 0.269 e. The number of rotatable bonds is 6. The maximum Gasteiger partial charge on any atom is 0.269 e. The largest absolute Gasteiger partial charge is 0.368 e. The Hall–Kier alpha value is -2.02. The summed E-state index contributed by atoms with van der Waals surface area (Å²) in [5.41, 5.74) is 1.85. The molecule has 0 N–H and O–H groups in total. The van der Waals surface area contributed by atoms with E-state index in [1.54, 1.807) is 30.5 Å². The van der Waals surface area contributed by atoms with E-state index in [-0.39, 0.29) is 9.92 Å². The third-order valence-corrected chi connectivity index (χ3v) is 8.83. The number of halogens is 1. The van der Waals surface area contributed by atoms with Crippen molar-refractivity contribution < 1.29 is 8.42 Å². The van der Waals surface area contributed by atoms with E-state index in [0.717, 1.165) is 49.5 Å². The topological polar surface area (TPSA) is 45.5 Å². The van der Waals surface area contributed by atoms with Crippen LogP contribution < -0.4 is 4.90 Å². The molecule has 0 spiro atoms. The van der Waals surface area contributed by atoms with Crippen LogP contribution in [0.3, 0.4) is 0 Å². The van der Waals surface area contributed by atoms with Crippen LogP contribution in [0.15, 0.2) is 59.6 Å². The first-order valence-corrected chi connectivity index (χ1v) is 12.8. The monoisotopic (exact) mass is 457 g/mol. The van der Waals surface area contributed by atoms with E-state index in [2.05, 4.69) is 22.9 Å². The lowest BCUT2D eigenvalue weighted by atomic mass is 10.0. The number of nitrogens with zero attached hydrogens (tertiary/aromatic N) is 3. The van der Waals surface area contributed by atoms with Crippen molar-refractivity contribution in [1.82, 2.24) is 8.87 Å². The van der Waals surface area contributed by atoms with Crippen molar-refractivity contribution in [2.24, 2.45) is 5.92 Å². The Bertz CT molecular complexity index is 1190. The molecule has 2 heterocycles. The van der Waals surface area contributed by atoms with Crippen molar-refractivity contribution in [2.75, 3.05) is 31.6 Å². The molecule has 0 bridgehead atoms. The quantitative estimate of drug-likeness (QED) is 0.531. The van der Waals surface area contributed by atoms with Crippen molar-refractivity contribution in [3.63, 3.8) is 0 Å². The number of fused-ring (bicyclic) bond motifs is 1. The lowest BCUT2D eigenvalue weighted by Crippen LogP contribution is -2.44. The molecule has 0 radical (unpaired) electrons. The van der Waals surface area contributed by atoms with Crippen LogP contribution in [0, 0.1) is 5.92 Å². The highest BCUT2D eigenvalue weighted by molar-refractivity contribution is 7.90. The van der Waals surface area contributed by atoms with Crippen LogP contribution in [0.1, 0.15) is 25.7 Å². The van der Waals surface area contributed by atoms with Gasteiger partial charge in [0.25, 0.3) is 10.0 Å². The van der Waals surface area contributed by atoms with E-state index in [0.29, 0.717) is 11.6 Å². The first-order chi connectivity index (χ1) is 14.9. The summed E-state index contributed by atoms with van der Waals surface area (Å²) < 4.78 is 28.2. The second-order valence-electron chi connectivity index (χ2n) is 8.89. The molecule has 1 saturated heterocycles. The van der Waals surface area contributed by atoms with E-state index in [9.17, 15) is 8.42 Å². The summed E-state index contributed by atoms with van der Waals surface area (Å²) in [6.07, 6.45) is 6.52. The summed E-state index contributed by atoms with van der Waals surface area (Å²) in [5.74, 6) is 0.754. The molecule has 164 valence electrons. The number of piperidine rings is 1. The molecular weight excluding hydrogens is 430 g/mol. The Morgan fingerprint density at radius 1 is 1.00 bits per heavy atom. The summed E-state index contributed by atoms with van der Waals surface area (Å²) in [6.45, 7) is 3.25. The molecule has 1 aliphatic heterocycles. The predicted molar refractivity (Wildman–Crippen MR) is 127 cm³/mol. The number of aromatic nitrogens is 1. The molecule has 1 aromatic heterocycles. The van der Waals surface area contributed by atoms with Gasteiger partial charge in [-0.1, -0.05) is 29.8 Å². The molecule has 2 aromatic carbocycles. The Kier molecular flexibility index (Phi) is 5.49. The minimum Gasteiger partial charge on any atom is -0.368 e. The number of benzene rings is 2. The van der Waals surface area contributed by atoms with E-state index in [1.807, 2.05) is 18.2 Å². The lowest BCUT2D eigenvalue weighted by Gasteiger charge is -2.39. The zero-order valence-electron chi connectivity index (χ0n) is 17.7. The molecule has 0 amide bonds. The summed E-state index contributed by atoms with van der Waals surface area (Å²) in [4.78, 5) is 5.07. The second-order valence-corrected chi connectivity index (χ2v) is 11.1. The Labute approximate surface area is 189 Å². The van der Waals surface area contributed by atoms with Crippen molar-refractivity contribution >= 4 is 38.2 Å². The molecule has 2 fully saturated rings. The van der Waals surface area contributed by atoms with Crippen molar-refractivity contribution in [3.05, 3.63) is 59.8 Å². The first kappa shape index (κ1) is 20.9. The Morgan fingerprint density at radius 2 is 1.74 bits per heavy atom. The third-order valence-electron chi connectivity index (χ3n) is 6.64. The van der Waals surface area contributed by atoms with E-state index < -0.39 is 10.0 Å². The molecule has 1 aliphatic carbocycles. The summed E-state index contributed by atoms with van der Waals surface area (Å²) >= 11 is 6.23. The molecule has 0 atom stereocenters. The van der Waals surface area contributed by atoms with Crippen LogP contribution in [-0.2, 0) is 10.0 Å². The average Bonchev–Trinajstić information content (AvgIpc) is 3.47. The van der Waals surface area contributed by atoms with E-state index in [1.165, 1.54) is 16.8 Å². The Morgan fingerprint density at radius 3 is 2.45 bits per heavy atom. The maximum atomic E-state index is 13.4. The number of hydrogen-bond donors (Lipinski definition) is 0. The maximum absolute atomic E-state index is 13.4. The third kappa shape index (κ3) is 3.97. The summed E-state index contributed by atoms with van der Waals surface area (Å²) in [6, 6.07) is 15.1. The molecule has 3 aromatic rings. The van der Waals surface area contributed by atoms with Crippen LogP contribution >= 0.6 is 11.6 Å². The molecule has 5 nitrogen and oxygen atoms in total. The van der Waals surface area contributed by atoms with Crippen LogP contribution in [0.2, 0.25) is 5.02 Å². The van der Waals surface area contributed by atoms with Crippen LogP contribution in [-0.4, -0.2) is 50.0 Å². The molecule has 31 heavy (non-hydrogen) atoms. The fourth-order valence-corrected chi connectivity index (χ4v) is 6.52. The van der Waals surface area contributed by atoms with Gasteiger partial charge in [0.2, 0.25) is 0 Å². The molecule has 2 aliphatic rings. The Balaban J connectivity index is 1.58. The van der Waals surface area contributed by atoms with Gasteiger partial charge in [-0.15, -0.1) is 0 Å². The zero-order valence-corrected chi connectivity index (χ0v) is 19.3. The van der Waals surface area contributed by atoms with Crippen LogP contribution in [0.25, 0.3) is 10.9 Å². The van der Waals surface area contributed by atoms with Gasteiger partial charge in [-0.25, -0.2) is 12.4 Å². The minimum absolute atomic E-state index is 0.129. The highest BCUT2D eigenvalue weighted by Gasteiger charge is 2.31.